The molecule has 172 valence electrons. The average molecular weight is 467 g/mol. The summed E-state index contributed by atoms with van der Waals surface area (Å²) in [4.78, 5) is 21.9. The predicted molar refractivity (Wildman–Crippen MR) is 120 cm³/mol. The van der Waals surface area contributed by atoms with E-state index < -0.39 is 17.0 Å². The van der Waals surface area contributed by atoms with Crippen LogP contribution in [0.2, 0.25) is 0 Å². The van der Waals surface area contributed by atoms with Crippen LogP contribution in [0.15, 0.2) is 84.9 Å². The Bertz CT molecular complexity index is 1340. The topological polar surface area (TPSA) is 102 Å². The maximum atomic E-state index is 12.8. The minimum atomic E-state index is -5.04. The number of rotatable bonds is 6. The van der Waals surface area contributed by atoms with Gasteiger partial charge in [0.1, 0.15) is 5.82 Å². The summed E-state index contributed by atoms with van der Waals surface area (Å²) < 4.78 is 39.8. The van der Waals surface area contributed by atoms with Crippen LogP contribution in [0.4, 0.5) is 36.1 Å². The summed E-state index contributed by atoms with van der Waals surface area (Å²) in [6.07, 6.45) is -5.04. The lowest BCUT2D eigenvalue weighted by Crippen LogP contribution is -2.30. The number of carbonyl (C=O) groups excluding carboxylic acids is 1. The molecule has 0 unspecified atom stereocenters. The number of anilines is 3. The summed E-state index contributed by atoms with van der Waals surface area (Å²) in [7, 11) is 0. The van der Waals surface area contributed by atoms with Gasteiger partial charge in [0, 0.05) is 23.8 Å². The molecule has 0 spiro atoms. The fraction of sp³-hybridized carbons (Fsp3) is 0.0435. The van der Waals surface area contributed by atoms with Crippen molar-refractivity contribution in [1.29, 1.82) is 0 Å². The van der Waals surface area contributed by atoms with Crippen molar-refractivity contribution < 1.29 is 22.9 Å². The average Bonchev–Trinajstić information content (AvgIpc) is 3.24. The molecule has 1 amide bonds. The molecule has 8 nitrogen and oxygen atoms in total. The lowest BCUT2D eigenvalue weighted by molar-refractivity contribution is -0.384. The molecule has 3 aromatic carbocycles. The Hall–Kier alpha value is -4.67. The Morgan fingerprint density at radius 3 is 2.15 bits per heavy atom. The highest BCUT2D eigenvalue weighted by Crippen LogP contribution is 2.31. The van der Waals surface area contributed by atoms with E-state index in [-0.39, 0.29) is 17.1 Å². The summed E-state index contributed by atoms with van der Waals surface area (Å²) in [5.41, 5.74) is 1.81. The summed E-state index contributed by atoms with van der Waals surface area (Å²) >= 11 is 0. The zero-order valence-corrected chi connectivity index (χ0v) is 17.3. The molecule has 11 heteroatoms. The molecule has 4 aromatic rings. The van der Waals surface area contributed by atoms with E-state index in [1.54, 1.807) is 53.2 Å². The summed E-state index contributed by atoms with van der Waals surface area (Å²) in [6.45, 7) is 0. The molecule has 0 atom stereocenters. The van der Waals surface area contributed by atoms with Gasteiger partial charge in [0.15, 0.2) is 0 Å². The second kappa shape index (κ2) is 9.06. The van der Waals surface area contributed by atoms with Crippen molar-refractivity contribution >= 4 is 28.8 Å². The molecule has 34 heavy (non-hydrogen) atoms. The van der Waals surface area contributed by atoms with Gasteiger partial charge in [-0.1, -0.05) is 30.3 Å². The van der Waals surface area contributed by atoms with Crippen LogP contribution in [0, 0.1) is 10.1 Å². The van der Waals surface area contributed by atoms with Crippen molar-refractivity contribution in [1.82, 2.24) is 9.78 Å². The van der Waals surface area contributed by atoms with Crippen molar-refractivity contribution in [3.63, 3.8) is 0 Å². The number of aromatic nitrogens is 2. The third-order valence-electron chi connectivity index (χ3n) is 4.78. The first-order valence-corrected chi connectivity index (χ1v) is 9.87. The largest absolute Gasteiger partial charge is 0.471 e. The Labute approximate surface area is 190 Å². The molecule has 0 aliphatic heterocycles. The SMILES string of the molecule is O=C(Nc1ccccc1Nc1cc(-c2ccc([N+](=O)[O-])cc2)nn1-c1ccccc1)C(F)(F)F. The van der Waals surface area contributed by atoms with E-state index in [0.717, 1.165) is 0 Å². The van der Waals surface area contributed by atoms with E-state index in [2.05, 4.69) is 10.4 Å². The number of carbonyl (C=O) groups is 1. The molecular formula is C23H16F3N5O3. The number of nitrogens with one attached hydrogen (secondary N) is 2. The van der Waals surface area contributed by atoms with Crippen molar-refractivity contribution in [3.05, 3.63) is 95.0 Å². The van der Waals surface area contributed by atoms with Crippen LogP contribution in [0.3, 0.4) is 0 Å². The van der Waals surface area contributed by atoms with Crippen LogP contribution in [0.5, 0.6) is 0 Å². The number of benzene rings is 3. The molecule has 4 rings (SSSR count). The summed E-state index contributed by atoms with van der Waals surface area (Å²) in [5.74, 6) is -1.70. The minimum Gasteiger partial charge on any atom is -0.338 e. The highest BCUT2D eigenvalue weighted by atomic mass is 19.4. The number of hydrogen-bond donors (Lipinski definition) is 2. The third kappa shape index (κ3) is 4.88. The first kappa shape index (κ1) is 22.5. The maximum absolute atomic E-state index is 12.8. The third-order valence-corrected chi connectivity index (χ3v) is 4.78. The fourth-order valence-corrected chi connectivity index (χ4v) is 3.16. The molecular weight excluding hydrogens is 451 g/mol. The van der Waals surface area contributed by atoms with Gasteiger partial charge in [-0.2, -0.15) is 18.3 Å². The number of hydrogen-bond acceptors (Lipinski definition) is 5. The molecule has 0 fully saturated rings. The smallest absolute Gasteiger partial charge is 0.338 e. The normalized spacial score (nSPS) is 11.1. The molecule has 2 N–H and O–H groups in total. The number of halogens is 3. The van der Waals surface area contributed by atoms with Crippen molar-refractivity contribution in [3.8, 4) is 16.9 Å². The van der Waals surface area contributed by atoms with Gasteiger partial charge in [-0.25, -0.2) is 4.68 Å². The molecule has 0 bridgehead atoms. The molecule has 0 saturated carbocycles. The summed E-state index contributed by atoms with van der Waals surface area (Å²) in [6, 6.07) is 22.4. The molecule has 0 radical (unpaired) electrons. The van der Waals surface area contributed by atoms with E-state index >= 15 is 0 Å². The van der Waals surface area contributed by atoms with Crippen molar-refractivity contribution in [2.45, 2.75) is 6.18 Å². The molecule has 0 aliphatic carbocycles. The Morgan fingerprint density at radius 1 is 0.912 bits per heavy atom. The van der Waals surface area contributed by atoms with Crippen LogP contribution in [0.1, 0.15) is 0 Å². The van der Waals surface area contributed by atoms with Gasteiger partial charge in [0.25, 0.3) is 5.69 Å². The number of amides is 1. The van der Waals surface area contributed by atoms with E-state index in [0.29, 0.717) is 22.8 Å². The standard InChI is InChI=1S/C23H16F3N5O3/c24-23(25,26)22(32)28-19-9-5-4-8-18(19)27-21-14-20(15-10-12-17(13-11-15)31(33)34)29-30(21)16-6-2-1-3-7-16/h1-14,27H,(H,28,32). The Balaban J connectivity index is 1.73. The van der Waals surface area contributed by atoms with Crippen LogP contribution in [-0.4, -0.2) is 26.8 Å². The second-order valence-corrected chi connectivity index (χ2v) is 7.09. The second-order valence-electron chi connectivity index (χ2n) is 7.09. The number of nitrogens with zero attached hydrogens (tertiary/aromatic N) is 3. The summed E-state index contributed by atoms with van der Waals surface area (Å²) in [5, 5.41) is 20.4. The van der Waals surface area contributed by atoms with Crippen LogP contribution >= 0.6 is 0 Å². The Morgan fingerprint density at radius 2 is 1.53 bits per heavy atom. The number of alkyl halides is 3. The van der Waals surface area contributed by atoms with E-state index in [4.69, 9.17) is 0 Å². The number of para-hydroxylation sites is 3. The van der Waals surface area contributed by atoms with Gasteiger partial charge in [0.2, 0.25) is 0 Å². The highest BCUT2D eigenvalue weighted by Gasteiger charge is 2.39. The minimum absolute atomic E-state index is 0.0671. The first-order valence-electron chi connectivity index (χ1n) is 9.87. The van der Waals surface area contributed by atoms with Crippen molar-refractivity contribution in [2.75, 3.05) is 10.6 Å². The van der Waals surface area contributed by atoms with E-state index in [1.807, 2.05) is 11.4 Å². The highest BCUT2D eigenvalue weighted by molar-refractivity contribution is 5.98. The maximum Gasteiger partial charge on any atom is 0.471 e. The van der Waals surface area contributed by atoms with Crippen LogP contribution < -0.4 is 10.6 Å². The van der Waals surface area contributed by atoms with E-state index in [1.165, 1.54) is 30.3 Å². The Kier molecular flexibility index (Phi) is 6.00. The quantitative estimate of drug-likeness (QED) is 0.280. The van der Waals surface area contributed by atoms with Crippen molar-refractivity contribution in [2.24, 2.45) is 0 Å². The monoisotopic (exact) mass is 467 g/mol. The zero-order valence-electron chi connectivity index (χ0n) is 17.3. The van der Waals surface area contributed by atoms with Gasteiger partial charge in [-0.15, -0.1) is 0 Å². The molecule has 1 aromatic heterocycles. The molecule has 1 heterocycles. The van der Waals surface area contributed by atoms with Crippen LogP contribution in [-0.2, 0) is 4.79 Å². The molecule has 0 aliphatic rings. The van der Waals surface area contributed by atoms with Crippen LogP contribution in [0.25, 0.3) is 16.9 Å². The number of nitro groups is 1. The lowest BCUT2D eigenvalue weighted by atomic mass is 10.1. The fourth-order valence-electron chi connectivity index (χ4n) is 3.16. The lowest BCUT2D eigenvalue weighted by Gasteiger charge is -2.15. The first-order chi connectivity index (χ1) is 16.2. The van der Waals surface area contributed by atoms with Gasteiger partial charge in [-0.05, 0) is 36.4 Å². The van der Waals surface area contributed by atoms with Gasteiger partial charge in [0.05, 0.1) is 27.7 Å². The van der Waals surface area contributed by atoms with Gasteiger partial charge >= 0.3 is 12.1 Å². The number of nitro benzene ring substituents is 1. The predicted octanol–water partition coefficient (Wildman–Crippen LogP) is 5.69. The van der Waals surface area contributed by atoms with E-state index in [9.17, 15) is 28.1 Å². The molecule has 0 saturated heterocycles. The van der Waals surface area contributed by atoms with Gasteiger partial charge in [-0.3, -0.25) is 14.9 Å². The zero-order chi connectivity index (χ0) is 24.3. The number of non-ortho nitro benzene ring substituents is 1. The van der Waals surface area contributed by atoms with Gasteiger partial charge < -0.3 is 10.6 Å².